The number of amidine groups is 1. The summed E-state index contributed by atoms with van der Waals surface area (Å²) in [6.45, 7) is 6.60. The second kappa shape index (κ2) is 17.1. The van der Waals surface area contributed by atoms with Crippen molar-refractivity contribution >= 4 is 16.9 Å². The van der Waals surface area contributed by atoms with Gasteiger partial charge in [-0.15, -0.1) is 0 Å². The molecule has 138 valence electrons. The molecule has 4 heteroatoms. The van der Waals surface area contributed by atoms with Crippen LogP contribution >= 0.6 is 11.8 Å². The zero-order valence-electron chi connectivity index (χ0n) is 16.4. The molecule has 0 radical (unpaired) electrons. The number of aliphatic imine (C=N–C) groups is 1. The quantitative estimate of drug-likeness (QED) is 0.447. The summed E-state index contributed by atoms with van der Waals surface area (Å²) in [4.78, 5) is 4.57. The van der Waals surface area contributed by atoms with Crippen molar-refractivity contribution < 1.29 is 18.4 Å². The van der Waals surface area contributed by atoms with Crippen molar-refractivity contribution in [2.45, 2.75) is 103 Å². The van der Waals surface area contributed by atoms with E-state index in [1.807, 2.05) is 11.8 Å². The third-order valence-electron chi connectivity index (χ3n) is 4.43. The summed E-state index contributed by atoms with van der Waals surface area (Å²) in [5.41, 5.74) is 0. The van der Waals surface area contributed by atoms with E-state index in [0.29, 0.717) is 0 Å². The van der Waals surface area contributed by atoms with Gasteiger partial charge in [0.25, 0.3) is 0 Å². The Labute approximate surface area is 161 Å². The van der Waals surface area contributed by atoms with Gasteiger partial charge in [-0.3, -0.25) is 4.99 Å². The molecule has 0 amide bonds. The lowest BCUT2D eigenvalue weighted by atomic mass is 10.0. The Morgan fingerprint density at radius 3 is 1.96 bits per heavy atom. The molecule has 0 aromatic heterocycles. The predicted molar refractivity (Wildman–Crippen MR) is 104 cm³/mol. The van der Waals surface area contributed by atoms with Crippen LogP contribution in [0, 0.1) is 0 Å². The Bertz CT molecular complexity index is 291. The molecule has 0 aliphatic carbocycles. The summed E-state index contributed by atoms with van der Waals surface area (Å²) in [6, 6.07) is 0. The van der Waals surface area contributed by atoms with Gasteiger partial charge in [0.15, 0.2) is 5.17 Å². The van der Waals surface area contributed by atoms with Crippen molar-refractivity contribution in [3.05, 3.63) is 0 Å². The van der Waals surface area contributed by atoms with Gasteiger partial charge in [-0.25, -0.2) is 0 Å². The number of hydrogen-bond acceptors (Lipinski definition) is 3. The number of halogens is 1. The standard InChI is InChI=1S/C19H38N2S.BrH/c1-3-5-7-9-10-11-13-15-18(14-12-8-6-4-2)22-19-20-16-17-21-19;/h18H,3-17H2,1-2H3,(H,20,21);1H. The van der Waals surface area contributed by atoms with Gasteiger partial charge in [0.05, 0.1) is 6.54 Å². The summed E-state index contributed by atoms with van der Waals surface area (Å²) < 4.78 is 0. The van der Waals surface area contributed by atoms with E-state index in [1.54, 1.807) is 0 Å². The second-order valence-electron chi connectivity index (χ2n) is 6.61. The largest absolute Gasteiger partial charge is 1.00 e. The molecule has 1 atom stereocenters. The lowest BCUT2D eigenvalue weighted by Crippen LogP contribution is -3.00. The number of nitrogens with one attached hydrogen (secondary N) is 1. The predicted octanol–water partition coefficient (Wildman–Crippen LogP) is 3.28. The van der Waals surface area contributed by atoms with Crippen LogP contribution in [0.3, 0.4) is 0 Å². The molecule has 0 saturated carbocycles. The van der Waals surface area contributed by atoms with Crippen molar-refractivity contribution in [2.75, 3.05) is 13.1 Å². The maximum atomic E-state index is 4.57. The van der Waals surface area contributed by atoms with Crippen LogP contribution in [-0.2, 0) is 0 Å². The first kappa shape index (κ1) is 23.3. The Hall–Kier alpha value is 0.300. The minimum Gasteiger partial charge on any atom is -1.00 e. The number of thioether (sulfide) groups is 1. The molecule has 1 rings (SSSR count). The third-order valence-corrected chi connectivity index (χ3v) is 5.73. The Balaban J connectivity index is 0. The minimum absolute atomic E-state index is 0. The summed E-state index contributed by atoms with van der Waals surface area (Å²) in [6.07, 6.45) is 18.2. The van der Waals surface area contributed by atoms with E-state index in [-0.39, 0.29) is 18.4 Å². The van der Waals surface area contributed by atoms with Gasteiger partial charge in [0.2, 0.25) is 0 Å². The van der Waals surface area contributed by atoms with Crippen molar-refractivity contribution in [2.24, 2.45) is 4.99 Å². The van der Waals surface area contributed by atoms with Gasteiger partial charge in [-0.2, -0.15) is 0 Å². The molecule has 1 heterocycles. The molecular weight excluding hydrogens is 368 g/mol. The van der Waals surface area contributed by atoms with Crippen LogP contribution in [0.25, 0.3) is 0 Å². The molecule has 1 aliphatic rings. The van der Waals surface area contributed by atoms with Crippen LogP contribution in [0.2, 0.25) is 0 Å². The number of hydrogen-bond donors (Lipinski definition) is 1. The highest BCUT2D eigenvalue weighted by Crippen LogP contribution is 2.25. The van der Waals surface area contributed by atoms with E-state index in [0.717, 1.165) is 18.3 Å². The van der Waals surface area contributed by atoms with Crippen LogP contribution in [0.5, 0.6) is 0 Å². The molecule has 0 fully saturated rings. The second-order valence-corrected chi connectivity index (χ2v) is 7.90. The van der Waals surface area contributed by atoms with Crippen LogP contribution in [0.4, 0.5) is 0 Å². The van der Waals surface area contributed by atoms with Gasteiger partial charge in [-0.05, 0) is 12.8 Å². The number of unbranched alkanes of at least 4 members (excludes halogenated alkanes) is 9. The van der Waals surface area contributed by atoms with Crippen LogP contribution in [0.1, 0.15) is 98.7 Å². The first-order valence-corrected chi connectivity index (χ1v) is 10.7. The van der Waals surface area contributed by atoms with Crippen LogP contribution < -0.4 is 22.3 Å². The molecule has 2 nitrogen and oxygen atoms in total. The SMILES string of the molecule is CCCCCCCCCC(CCCCCC)SC1=NCCN1.[Br-].[H+]. The first-order chi connectivity index (χ1) is 10.9. The van der Waals surface area contributed by atoms with E-state index < -0.39 is 0 Å². The van der Waals surface area contributed by atoms with Gasteiger partial charge < -0.3 is 22.3 Å². The highest BCUT2D eigenvalue weighted by Gasteiger charge is 2.15. The van der Waals surface area contributed by atoms with Gasteiger partial charge in [0, 0.05) is 11.8 Å². The van der Waals surface area contributed by atoms with E-state index in [2.05, 4.69) is 24.2 Å². The summed E-state index contributed by atoms with van der Waals surface area (Å²) >= 11 is 2.02. The number of nitrogens with zero attached hydrogens (tertiary/aromatic N) is 1. The van der Waals surface area contributed by atoms with Crippen molar-refractivity contribution in [1.82, 2.24) is 5.32 Å². The smallest absolute Gasteiger partial charge is 1.00 e. The van der Waals surface area contributed by atoms with E-state index in [1.165, 1.54) is 88.6 Å². The molecule has 0 aromatic carbocycles. The zero-order valence-corrected chi connectivity index (χ0v) is 17.8. The van der Waals surface area contributed by atoms with Gasteiger partial charge in [0.1, 0.15) is 0 Å². The molecule has 0 aromatic rings. The van der Waals surface area contributed by atoms with Gasteiger partial charge >= 0.3 is 1.43 Å². The van der Waals surface area contributed by atoms with E-state index in [4.69, 9.17) is 0 Å². The summed E-state index contributed by atoms with van der Waals surface area (Å²) in [5.74, 6) is 0. The normalized spacial score (nSPS) is 15.0. The molecular formula is C19H39BrN2S. The van der Waals surface area contributed by atoms with E-state index >= 15 is 0 Å². The maximum Gasteiger partial charge on any atom is 1.00 e. The van der Waals surface area contributed by atoms with Crippen LogP contribution in [0.15, 0.2) is 4.99 Å². The zero-order chi connectivity index (χ0) is 15.9. The Morgan fingerprint density at radius 1 is 0.913 bits per heavy atom. The molecule has 1 unspecified atom stereocenters. The lowest BCUT2D eigenvalue weighted by Gasteiger charge is -2.16. The summed E-state index contributed by atoms with van der Waals surface area (Å²) in [5, 5.41) is 5.43. The van der Waals surface area contributed by atoms with Crippen molar-refractivity contribution in [1.29, 1.82) is 0 Å². The highest BCUT2D eigenvalue weighted by molar-refractivity contribution is 8.14. The molecule has 23 heavy (non-hydrogen) atoms. The molecule has 0 spiro atoms. The fourth-order valence-electron chi connectivity index (χ4n) is 3.00. The third kappa shape index (κ3) is 13.3. The molecule has 1 N–H and O–H groups in total. The average molecular weight is 408 g/mol. The fourth-order valence-corrected chi connectivity index (χ4v) is 4.24. The van der Waals surface area contributed by atoms with Crippen molar-refractivity contribution in [3.63, 3.8) is 0 Å². The lowest BCUT2D eigenvalue weighted by molar-refractivity contribution is -0.00000484. The molecule has 0 bridgehead atoms. The molecule has 0 saturated heterocycles. The Morgan fingerprint density at radius 2 is 1.43 bits per heavy atom. The number of rotatable bonds is 14. The highest BCUT2D eigenvalue weighted by atomic mass is 79.9. The first-order valence-electron chi connectivity index (χ1n) is 9.81. The van der Waals surface area contributed by atoms with Crippen molar-refractivity contribution in [3.8, 4) is 0 Å². The topological polar surface area (TPSA) is 24.4 Å². The van der Waals surface area contributed by atoms with Crippen LogP contribution in [-0.4, -0.2) is 23.5 Å². The fraction of sp³-hybridized carbons (Fsp3) is 0.947. The minimum atomic E-state index is 0. The monoisotopic (exact) mass is 406 g/mol. The Kier molecular flexibility index (Phi) is 17.4. The van der Waals surface area contributed by atoms with E-state index in [9.17, 15) is 0 Å². The molecule has 1 aliphatic heterocycles. The van der Waals surface area contributed by atoms with Gasteiger partial charge in [-0.1, -0.05) is 96.2 Å². The maximum absolute atomic E-state index is 4.57. The summed E-state index contributed by atoms with van der Waals surface area (Å²) in [7, 11) is 0. The average Bonchev–Trinajstić information content (AvgIpc) is 3.03.